The number of hydrogen-bond donors (Lipinski definition) is 1. The van der Waals surface area contributed by atoms with Crippen LogP contribution in [0.4, 0.5) is 0 Å². The summed E-state index contributed by atoms with van der Waals surface area (Å²) in [6.07, 6.45) is 7.76. The molecule has 0 spiro atoms. The molecule has 4 heteroatoms. The van der Waals surface area contributed by atoms with Gasteiger partial charge in [0, 0.05) is 11.3 Å². The highest BCUT2D eigenvalue weighted by atomic mass is 32.1. The lowest BCUT2D eigenvalue weighted by molar-refractivity contribution is -0.121. The summed E-state index contributed by atoms with van der Waals surface area (Å²) in [5.74, 6) is 0.0198. The maximum Gasteiger partial charge on any atom is 0.240 e. The van der Waals surface area contributed by atoms with Crippen molar-refractivity contribution in [1.82, 2.24) is 5.43 Å². The standard InChI is InChI=1S/C15H24N2OS/c1-3-4-5-6-7-8-11-15(18)17-16-13(2)14-10-9-12-19-14/h9-10,12H,3-8,11H2,1-2H3,(H,17,18)/b16-13+. The molecule has 0 bridgehead atoms. The Morgan fingerprint density at radius 2 is 2.00 bits per heavy atom. The van der Waals surface area contributed by atoms with Crippen molar-refractivity contribution in [1.29, 1.82) is 0 Å². The lowest BCUT2D eigenvalue weighted by Gasteiger charge is -2.02. The maximum atomic E-state index is 11.6. The molecule has 1 N–H and O–H groups in total. The number of carbonyl (C=O) groups is 1. The highest BCUT2D eigenvalue weighted by molar-refractivity contribution is 7.12. The summed E-state index contributed by atoms with van der Waals surface area (Å²) in [4.78, 5) is 12.7. The van der Waals surface area contributed by atoms with E-state index in [2.05, 4.69) is 17.5 Å². The Balaban J connectivity index is 2.12. The van der Waals surface area contributed by atoms with Crippen molar-refractivity contribution >= 4 is 23.0 Å². The van der Waals surface area contributed by atoms with Crippen LogP contribution in [0.25, 0.3) is 0 Å². The number of rotatable bonds is 9. The first-order valence-corrected chi connectivity index (χ1v) is 7.99. The summed E-state index contributed by atoms with van der Waals surface area (Å²) >= 11 is 1.63. The minimum atomic E-state index is 0.0198. The monoisotopic (exact) mass is 280 g/mol. The molecule has 0 aliphatic carbocycles. The molecular weight excluding hydrogens is 256 g/mol. The maximum absolute atomic E-state index is 11.6. The van der Waals surface area contributed by atoms with Gasteiger partial charge in [0.1, 0.15) is 0 Å². The van der Waals surface area contributed by atoms with E-state index in [1.807, 2.05) is 24.4 Å². The number of carbonyl (C=O) groups excluding carboxylic acids is 1. The van der Waals surface area contributed by atoms with Gasteiger partial charge in [0.2, 0.25) is 5.91 Å². The molecule has 0 unspecified atom stereocenters. The lowest BCUT2D eigenvalue weighted by Crippen LogP contribution is -2.18. The lowest BCUT2D eigenvalue weighted by atomic mass is 10.1. The summed E-state index contributed by atoms with van der Waals surface area (Å²) in [7, 11) is 0. The van der Waals surface area contributed by atoms with Gasteiger partial charge >= 0.3 is 0 Å². The molecule has 0 aliphatic rings. The highest BCUT2D eigenvalue weighted by Gasteiger charge is 2.01. The van der Waals surface area contributed by atoms with Crippen LogP contribution in [0.15, 0.2) is 22.6 Å². The SMILES string of the molecule is CCCCCCCCC(=O)N/N=C(\C)c1cccs1. The first-order chi connectivity index (χ1) is 9.24. The van der Waals surface area contributed by atoms with E-state index in [-0.39, 0.29) is 5.91 Å². The van der Waals surface area contributed by atoms with Crippen LogP contribution in [0.2, 0.25) is 0 Å². The van der Waals surface area contributed by atoms with E-state index >= 15 is 0 Å². The molecular formula is C15H24N2OS. The van der Waals surface area contributed by atoms with Crippen LogP contribution in [0, 0.1) is 0 Å². The number of nitrogens with one attached hydrogen (secondary N) is 1. The van der Waals surface area contributed by atoms with Crippen molar-refractivity contribution < 1.29 is 4.79 Å². The fraction of sp³-hybridized carbons (Fsp3) is 0.600. The number of hydrogen-bond acceptors (Lipinski definition) is 3. The average molecular weight is 280 g/mol. The molecule has 106 valence electrons. The van der Waals surface area contributed by atoms with Gasteiger partial charge < -0.3 is 0 Å². The number of hydrazone groups is 1. The molecule has 0 saturated heterocycles. The number of unbranched alkanes of at least 4 members (excludes halogenated alkanes) is 5. The molecule has 1 rings (SSSR count). The second-order valence-corrected chi connectivity index (χ2v) is 5.67. The Morgan fingerprint density at radius 3 is 2.68 bits per heavy atom. The van der Waals surface area contributed by atoms with Gasteiger partial charge in [-0.05, 0) is 24.8 Å². The molecule has 0 fully saturated rings. The Labute approximate surface area is 120 Å². The van der Waals surface area contributed by atoms with Gasteiger partial charge in [-0.15, -0.1) is 11.3 Å². The van der Waals surface area contributed by atoms with Crippen LogP contribution >= 0.6 is 11.3 Å². The van der Waals surface area contributed by atoms with Gasteiger partial charge in [0.25, 0.3) is 0 Å². The quantitative estimate of drug-likeness (QED) is 0.408. The predicted octanol–water partition coefficient (Wildman–Crippen LogP) is 4.34. The van der Waals surface area contributed by atoms with Crippen LogP contribution < -0.4 is 5.43 Å². The zero-order chi connectivity index (χ0) is 13.9. The minimum Gasteiger partial charge on any atom is -0.273 e. The van der Waals surface area contributed by atoms with Crippen molar-refractivity contribution in [3.05, 3.63) is 22.4 Å². The van der Waals surface area contributed by atoms with Gasteiger partial charge in [-0.3, -0.25) is 4.79 Å². The van der Waals surface area contributed by atoms with Crippen LogP contribution in [-0.4, -0.2) is 11.6 Å². The Bertz CT molecular complexity index is 385. The van der Waals surface area contributed by atoms with E-state index in [0.29, 0.717) is 6.42 Å². The predicted molar refractivity (Wildman–Crippen MR) is 82.7 cm³/mol. The van der Waals surface area contributed by atoms with E-state index in [1.54, 1.807) is 11.3 Å². The van der Waals surface area contributed by atoms with Gasteiger partial charge in [-0.1, -0.05) is 45.1 Å². The zero-order valence-electron chi connectivity index (χ0n) is 11.9. The van der Waals surface area contributed by atoms with Gasteiger partial charge in [-0.2, -0.15) is 5.10 Å². The molecule has 0 atom stereocenters. The van der Waals surface area contributed by atoms with E-state index in [0.717, 1.165) is 23.4 Å². The highest BCUT2D eigenvalue weighted by Crippen LogP contribution is 2.09. The van der Waals surface area contributed by atoms with E-state index in [1.165, 1.54) is 25.7 Å². The van der Waals surface area contributed by atoms with Crippen molar-refractivity contribution in [3.63, 3.8) is 0 Å². The molecule has 1 heterocycles. The second-order valence-electron chi connectivity index (χ2n) is 4.73. The largest absolute Gasteiger partial charge is 0.273 e. The number of nitrogens with zero attached hydrogens (tertiary/aromatic N) is 1. The Hall–Kier alpha value is -1.16. The molecule has 1 aromatic rings. The molecule has 0 saturated carbocycles. The normalized spacial score (nSPS) is 11.6. The summed E-state index contributed by atoms with van der Waals surface area (Å²) in [5, 5.41) is 6.13. The first-order valence-electron chi connectivity index (χ1n) is 7.11. The molecule has 0 aromatic carbocycles. The van der Waals surface area contributed by atoms with Gasteiger partial charge in [-0.25, -0.2) is 5.43 Å². The molecule has 19 heavy (non-hydrogen) atoms. The van der Waals surface area contributed by atoms with Crippen molar-refractivity contribution in [2.24, 2.45) is 5.10 Å². The minimum absolute atomic E-state index is 0.0198. The third-order valence-electron chi connectivity index (χ3n) is 2.98. The fourth-order valence-electron chi connectivity index (χ4n) is 1.81. The smallest absolute Gasteiger partial charge is 0.240 e. The number of thiophene rings is 1. The number of amides is 1. The van der Waals surface area contributed by atoms with Crippen molar-refractivity contribution in [3.8, 4) is 0 Å². The second kappa shape index (κ2) is 9.73. The Morgan fingerprint density at radius 1 is 1.26 bits per heavy atom. The molecule has 1 aromatic heterocycles. The summed E-state index contributed by atoms with van der Waals surface area (Å²) < 4.78 is 0. The van der Waals surface area contributed by atoms with Gasteiger partial charge in [0.15, 0.2) is 0 Å². The molecule has 3 nitrogen and oxygen atoms in total. The van der Waals surface area contributed by atoms with Crippen molar-refractivity contribution in [2.45, 2.75) is 58.8 Å². The van der Waals surface area contributed by atoms with Crippen LogP contribution in [0.5, 0.6) is 0 Å². The molecule has 0 radical (unpaired) electrons. The van der Waals surface area contributed by atoms with Gasteiger partial charge in [0.05, 0.1) is 5.71 Å². The summed E-state index contributed by atoms with van der Waals surface area (Å²) in [6, 6.07) is 3.99. The third kappa shape index (κ3) is 7.11. The first kappa shape index (κ1) is 15.9. The van der Waals surface area contributed by atoms with Crippen molar-refractivity contribution in [2.75, 3.05) is 0 Å². The third-order valence-corrected chi connectivity index (χ3v) is 3.96. The average Bonchev–Trinajstić information content (AvgIpc) is 2.94. The van der Waals surface area contributed by atoms with Crippen LogP contribution in [-0.2, 0) is 4.79 Å². The van der Waals surface area contributed by atoms with E-state index in [4.69, 9.17) is 0 Å². The van der Waals surface area contributed by atoms with E-state index < -0.39 is 0 Å². The van der Waals surface area contributed by atoms with E-state index in [9.17, 15) is 4.79 Å². The fourth-order valence-corrected chi connectivity index (χ4v) is 2.48. The topological polar surface area (TPSA) is 41.5 Å². The van der Waals surface area contributed by atoms with Crippen LogP contribution in [0.3, 0.4) is 0 Å². The molecule has 0 aliphatic heterocycles. The Kier molecular flexibility index (Phi) is 8.14. The zero-order valence-corrected chi connectivity index (χ0v) is 12.8. The molecule has 1 amide bonds. The summed E-state index contributed by atoms with van der Waals surface area (Å²) in [5.41, 5.74) is 3.50. The summed E-state index contributed by atoms with van der Waals surface area (Å²) in [6.45, 7) is 4.12. The van der Waals surface area contributed by atoms with Crippen LogP contribution in [0.1, 0.15) is 63.7 Å².